The molecular weight excluding hydrogens is 282 g/mol. The molecule has 1 atom stereocenters. The number of benzene rings is 1. The highest BCUT2D eigenvalue weighted by molar-refractivity contribution is 7.89. The van der Waals surface area contributed by atoms with Crippen LogP contribution in [0.15, 0.2) is 23.1 Å². The largest absolute Gasteiger partial charge is 0.289 e. The lowest BCUT2D eigenvalue weighted by molar-refractivity contribution is -0.387. The Morgan fingerprint density at radius 2 is 2.10 bits per heavy atom. The van der Waals surface area contributed by atoms with Gasteiger partial charge in [0.1, 0.15) is 0 Å². The molecule has 0 amide bonds. The van der Waals surface area contributed by atoms with E-state index in [9.17, 15) is 18.5 Å². The topological polar surface area (TPSA) is 104 Å². The Kier molecular flexibility index (Phi) is 4.81. The minimum absolute atomic E-state index is 0.00933. The minimum Gasteiger partial charge on any atom is -0.258 e. The Hall–Kier alpha value is -1.98. The van der Waals surface area contributed by atoms with Gasteiger partial charge in [-0.15, -0.1) is 0 Å². The smallest absolute Gasteiger partial charge is 0.258 e. The lowest BCUT2D eigenvalue weighted by Crippen LogP contribution is -2.35. The Balaban J connectivity index is 3.44. The third-order valence-corrected chi connectivity index (χ3v) is 5.20. The number of nitriles is 1. The van der Waals surface area contributed by atoms with E-state index >= 15 is 0 Å². The summed E-state index contributed by atoms with van der Waals surface area (Å²) in [7, 11) is -2.71. The van der Waals surface area contributed by atoms with Gasteiger partial charge in [0.05, 0.1) is 17.4 Å². The molecule has 1 unspecified atom stereocenters. The number of aryl methyl sites for hydroxylation is 1. The van der Waals surface area contributed by atoms with Crippen molar-refractivity contribution in [3.63, 3.8) is 0 Å². The van der Waals surface area contributed by atoms with Crippen molar-refractivity contribution >= 4 is 15.7 Å². The molecule has 0 aliphatic carbocycles. The molecule has 0 fully saturated rings. The SMILES string of the molecule is Cc1cccc([N+](=O)[O-])c1S(=O)(=O)N(C)C(C)CC#N. The fourth-order valence-corrected chi connectivity index (χ4v) is 3.48. The van der Waals surface area contributed by atoms with E-state index < -0.39 is 26.7 Å². The van der Waals surface area contributed by atoms with E-state index in [0.29, 0.717) is 5.56 Å². The van der Waals surface area contributed by atoms with Crippen LogP contribution in [0.3, 0.4) is 0 Å². The molecule has 0 radical (unpaired) electrons. The molecule has 7 nitrogen and oxygen atoms in total. The van der Waals surface area contributed by atoms with Gasteiger partial charge in [-0.05, 0) is 19.4 Å². The number of nitrogens with zero attached hydrogens (tertiary/aromatic N) is 3. The maximum atomic E-state index is 12.5. The van der Waals surface area contributed by atoms with Crippen LogP contribution in [0.1, 0.15) is 18.9 Å². The summed E-state index contributed by atoms with van der Waals surface area (Å²) < 4.78 is 26.0. The van der Waals surface area contributed by atoms with E-state index in [-0.39, 0.29) is 11.3 Å². The summed E-state index contributed by atoms with van der Waals surface area (Å²) in [6.07, 6.45) is 0.00933. The van der Waals surface area contributed by atoms with Crippen LogP contribution < -0.4 is 0 Å². The first-order chi connectivity index (χ1) is 9.23. The van der Waals surface area contributed by atoms with Gasteiger partial charge in [-0.1, -0.05) is 12.1 Å². The van der Waals surface area contributed by atoms with Crippen LogP contribution in [-0.2, 0) is 10.0 Å². The average molecular weight is 297 g/mol. The first-order valence-corrected chi connectivity index (χ1v) is 7.26. The summed E-state index contributed by atoms with van der Waals surface area (Å²) >= 11 is 0. The molecule has 0 bridgehead atoms. The Bertz CT molecular complexity index is 664. The first-order valence-electron chi connectivity index (χ1n) is 5.82. The van der Waals surface area contributed by atoms with E-state index in [1.807, 2.05) is 6.07 Å². The van der Waals surface area contributed by atoms with E-state index in [1.54, 1.807) is 6.92 Å². The molecule has 108 valence electrons. The van der Waals surface area contributed by atoms with Gasteiger partial charge in [0, 0.05) is 19.2 Å². The highest BCUT2D eigenvalue weighted by Crippen LogP contribution is 2.30. The van der Waals surface area contributed by atoms with Crippen molar-refractivity contribution in [1.82, 2.24) is 4.31 Å². The molecule has 0 saturated carbocycles. The van der Waals surface area contributed by atoms with E-state index in [1.165, 1.54) is 26.1 Å². The van der Waals surface area contributed by atoms with Crippen LogP contribution in [0.5, 0.6) is 0 Å². The molecule has 0 spiro atoms. The zero-order valence-corrected chi connectivity index (χ0v) is 12.2. The van der Waals surface area contributed by atoms with Crippen LogP contribution in [0.25, 0.3) is 0 Å². The molecule has 0 N–H and O–H groups in total. The number of rotatable bonds is 5. The van der Waals surface area contributed by atoms with Crippen molar-refractivity contribution in [2.75, 3.05) is 7.05 Å². The van der Waals surface area contributed by atoms with Gasteiger partial charge in [-0.3, -0.25) is 10.1 Å². The van der Waals surface area contributed by atoms with Crippen LogP contribution >= 0.6 is 0 Å². The zero-order valence-electron chi connectivity index (χ0n) is 11.4. The number of nitro groups is 1. The lowest BCUT2D eigenvalue weighted by atomic mass is 10.2. The molecule has 1 aromatic carbocycles. The second kappa shape index (κ2) is 5.98. The molecule has 0 aliphatic rings. The Morgan fingerprint density at radius 1 is 1.50 bits per heavy atom. The number of hydrogen-bond donors (Lipinski definition) is 0. The van der Waals surface area contributed by atoms with E-state index in [0.717, 1.165) is 10.4 Å². The summed E-state index contributed by atoms with van der Waals surface area (Å²) in [5.41, 5.74) is -0.156. The summed E-state index contributed by atoms with van der Waals surface area (Å²) in [4.78, 5) is 9.97. The molecule has 0 saturated heterocycles. The van der Waals surface area contributed by atoms with Gasteiger partial charge < -0.3 is 0 Å². The second-order valence-electron chi connectivity index (χ2n) is 4.41. The maximum absolute atomic E-state index is 12.5. The summed E-state index contributed by atoms with van der Waals surface area (Å²) in [6.45, 7) is 3.08. The molecule has 1 aromatic rings. The summed E-state index contributed by atoms with van der Waals surface area (Å²) in [6, 6.07) is 5.41. The monoisotopic (exact) mass is 297 g/mol. The lowest BCUT2D eigenvalue weighted by Gasteiger charge is -2.23. The fraction of sp³-hybridized carbons (Fsp3) is 0.417. The number of nitro benzene ring substituents is 1. The normalized spacial score (nSPS) is 12.9. The van der Waals surface area contributed by atoms with E-state index in [4.69, 9.17) is 5.26 Å². The van der Waals surface area contributed by atoms with E-state index in [2.05, 4.69) is 0 Å². The van der Waals surface area contributed by atoms with Crippen LogP contribution in [0.2, 0.25) is 0 Å². The Labute approximate surface area is 117 Å². The first kappa shape index (κ1) is 16.1. The second-order valence-corrected chi connectivity index (χ2v) is 6.35. The van der Waals surface area contributed by atoms with Crippen molar-refractivity contribution in [2.45, 2.75) is 31.2 Å². The molecular formula is C12H15N3O4S. The third-order valence-electron chi connectivity index (χ3n) is 3.03. The Morgan fingerprint density at radius 3 is 2.60 bits per heavy atom. The predicted octanol–water partition coefficient (Wildman–Crippen LogP) is 1.83. The van der Waals surface area contributed by atoms with Gasteiger partial charge in [0.25, 0.3) is 5.69 Å². The standard InChI is InChI=1S/C12H15N3O4S/c1-9-5-4-6-11(15(16)17)12(9)20(18,19)14(3)10(2)7-8-13/h4-6,10H,7H2,1-3H3. The van der Waals surface area contributed by atoms with Crippen molar-refractivity contribution in [2.24, 2.45) is 0 Å². The third kappa shape index (κ3) is 2.95. The van der Waals surface area contributed by atoms with Crippen LogP contribution in [0, 0.1) is 28.4 Å². The quantitative estimate of drug-likeness (QED) is 0.609. The van der Waals surface area contributed by atoms with Gasteiger partial charge in [0.15, 0.2) is 4.90 Å². The maximum Gasteiger partial charge on any atom is 0.289 e. The molecule has 8 heteroatoms. The average Bonchev–Trinajstić information content (AvgIpc) is 2.37. The molecule has 0 heterocycles. The van der Waals surface area contributed by atoms with Gasteiger partial charge in [-0.2, -0.15) is 9.57 Å². The fourth-order valence-electron chi connectivity index (χ4n) is 1.76. The molecule has 0 aliphatic heterocycles. The number of sulfonamides is 1. The highest BCUT2D eigenvalue weighted by atomic mass is 32.2. The van der Waals surface area contributed by atoms with Gasteiger partial charge >= 0.3 is 0 Å². The minimum atomic E-state index is -4.03. The van der Waals surface area contributed by atoms with Crippen LogP contribution in [-0.4, -0.2) is 30.7 Å². The summed E-state index contributed by atoms with van der Waals surface area (Å²) in [5, 5.41) is 19.6. The zero-order chi connectivity index (χ0) is 15.5. The van der Waals surface area contributed by atoms with Crippen molar-refractivity contribution in [3.05, 3.63) is 33.9 Å². The highest BCUT2D eigenvalue weighted by Gasteiger charge is 2.33. The van der Waals surface area contributed by atoms with Crippen molar-refractivity contribution in [1.29, 1.82) is 5.26 Å². The molecule has 0 aromatic heterocycles. The molecule has 20 heavy (non-hydrogen) atoms. The molecule has 1 rings (SSSR count). The summed E-state index contributed by atoms with van der Waals surface area (Å²) in [5.74, 6) is 0. The van der Waals surface area contributed by atoms with Crippen LogP contribution in [0.4, 0.5) is 5.69 Å². The van der Waals surface area contributed by atoms with Crippen molar-refractivity contribution in [3.8, 4) is 6.07 Å². The van der Waals surface area contributed by atoms with Crippen molar-refractivity contribution < 1.29 is 13.3 Å². The van der Waals surface area contributed by atoms with Gasteiger partial charge in [-0.25, -0.2) is 8.42 Å². The predicted molar refractivity (Wildman–Crippen MR) is 72.5 cm³/mol. The number of hydrogen-bond acceptors (Lipinski definition) is 5. The van der Waals surface area contributed by atoms with Gasteiger partial charge in [0.2, 0.25) is 10.0 Å².